The molecule has 21 heavy (non-hydrogen) atoms. The Balaban J connectivity index is 1.92. The molecule has 0 saturated carbocycles. The molecule has 0 aliphatic heterocycles. The number of halogens is 3. The second kappa shape index (κ2) is 5.80. The summed E-state index contributed by atoms with van der Waals surface area (Å²) in [6, 6.07) is 0. The van der Waals surface area contributed by atoms with Gasteiger partial charge in [-0.25, -0.2) is 0 Å². The summed E-state index contributed by atoms with van der Waals surface area (Å²) in [6.07, 6.45) is -4.08. The monoisotopic (exact) mass is 320 g/mol. The molecule has 10 heteroatoms. The molecule has 0 aliphatic rings. The van der Waals surface area contributed by atoms with Gasteiger partial charge in [0.15, 0.2) is 0 Å². The van der Waals surface area contributed by atoms with E-state index in [2.05, 4.69) is 20.7 Å². The molecule has 2 heterocycles. The van der Waals surface area contributed by atoms with Crippen molar-refractivity contribution >= 4 is 22.4 Å². The maximum atomic E-state index is 12.3. The van der Waals surface area contributed by atoms with Crippen LogP contribution >= 0.6 is 11.3 Å². The molecule has 0 aromatic carbocycles. The SMILES string of the molecule is Cc1noc(C)c1CCC(=O)Nc1nnc(C(F)(F)F)s1. The largest absolute Gasteiger partial charge is 0.445 e. The normalized spacial score (nSPS) is 11.7. The summed E-state index contributed by atoms with van der Waals surface area (Å²) in [5.41, 5.74) is 1.51. The van der Waals surface area contributed by atoms with Gasteiger partial charge in [-0.2, -0.15) is 13.2 Å². The Morgan fingerprint density at radius 1 is 1.33 bits per heavy atom. The van der Waals surface area contributed by atoms with Crippen LogP contribution in [0.15, 0.2) is 4.52 Å². The highest BCUT2D eigenvalue weighted by Gasteiger charge is 2.35. The van der Waals surface area contributed by atoms with Crippen LogP contribution < -0.4 is 5.32 Å². The van der Waals surface area contributed by atoms with Gasteiger partial charge in [0, 0.05) is 12.0 Å². The number of nitrogens with one attached hydrogen (secondary N) is 1. The second-order valence-electron chi connectivity index (χ2n) is 4.26. The van der Waals surface area contributed by atoms with Crippen molar-refractivity contribution in [2.45, 2.75) is 32.9 Å². The predicted octanol–water partition coefficient (Wildman–Crippen LogP) is 2.73. The van der Waals surface area contributed by atoms with Gasteiger partial charge in [-0.3, -0.25) is 4.79 Å². The molecule has 0 atom stereocenters. The second-order valence-corrected chi connectivity index (χ2v) is 5.24. The van der Waals surface area contributed by atoms with E-state index in [1.807, 2.05) is 0 Å². The van der Waals surface area contributed by atoms with Gasteiger partial charge in [0.2, 0.25) is 16.0 Å². The number of aryl methyl sites for hydroxylation is 2. The van der Waals surface area contributed by atoms with E-state index in [-0.39, 0.29) is 22.9 Å². The van der Waals surface area contributed by atoms with Gasteiger partial charge in [0.1, 0.15) is 5.76 Å². The minimum atomic E-state index is -4.56. The molecule has 114 valence electrons. The number of anilines is 1. The fourth-order valence-electron chi connectivity index (χ4n) is 1.67. The zero-order valence-corrected chi connectivity index (χ0v) is 11.9. The minimum Gasteiger partial charge on any atom is -0.361 e. The Bertz CT molecular complexity index is 631. The molecule has 0 bridgehead atoms. The van der Waals surface area contributed by atoms with Crippen molar-refractivity contribution in [1.82, 2.24) is 15.4 Å². The van der Waals surface area contributed by atoms with Gasteiger partial charge in [-0.05, 0) is 20.3 Å². The Kier molecular flexibility index (Phi) is 4.26. The molecule has 0 radical (unpaired) electrons. The van der Waals surface area contributed by atoms with Crippen LogP contribution in [0.1, 0.15) is 28.4 Å². The van der Waals surface area contributed by atoms with E-state index in [1.54, 1.807) is 13.8 Å². The van der Waals surface area contributed by atoms with E-state index in [4.69, 9.17) is 4.52 Å². The molecule has 1 amide bonds. The van der Waals surface area contributed by atoms with Crippen molar-refractivity contribution in [3.63, 3.8) is 0 Å². The van der Waals surface area contributed by atoms with Crippen molar-refractivity contribution in [2.24, 2.45) is 0 Å². The third-order valence-electron chi connectivity index (χ3n) is 2.70. The quantitative estimate of drug-likeness (QED) is 0.937. The zero-order valence-electron chi connectivity index (χ0n) is 11.1. The third-order valence-corrected chi connectivity index (χ3v) is 3.58. The number of hydrogen-bond acceptors (Lipinski definition) is 6. The summed E-state index contributed by atoms with van der Waals surface area (Å²) in [5.74, 6) is 0.176. The molecule has 0 fully saturated rings. The molecular formula is C11H11F3N4O2S. The van der Waals surface area contributed by atoms with E-state index in [0.29, 0.717) is 17.9 Å². The Morgan fingerprint density at radius 3 is 2.57 bits per heavy atom. The number of carbonyl (C=O) groups excluding carboxylic acids is 1. The summed E-state index contributed by atoms with van der Waals surface area (Å²) >= 11 is 0.288. The van der Waals surface area contributed by atoms with Gasteiger partial charge in [0.05, 0.1) is 5.69 Å². The van der Waals surface area contributed by atoms with Gasteiger partial charge in [0.25, 0.3) is 0 Å². The van der Waals surface area contributed by atoms with Gasteiger partial charge in [-0.1, -0.05) is 16.5 Å². The highest BCUT2D eigenvalue weighted by molar-refractivity contribution is 7.15. The number of alkyl halides is 3. The van der Waals surface area contributed by atoms with Gasteiger partial charge in [-0.15, -0.1) is 10.2 Å². The van der Waals surface area contributed by atoms with Crippen LogP contribution in [0.5, 0.6) is 0 Å². The highest BCUT2D eigenvalue weighted by atomic mass is 32.1. The number of carbonyl (C=O) groups is 1. The first-order valence-corrected chi connectivity index (χ1v) is 6.71. The summed E-state index contributed by atoms with van der Waals surface area (Å²) in [4.78, 5) is 11.7. The Hall–Kier alpha value is -1.97. The lowest BCUT2D eigenvalue weighted by Crippen LogP contribution is -2.12. The molecule has 1 N–H and O–H groups in total. The van der Waals surface area contributed by atoms with Crippen molar-refractivity contribution in [3.8, 4) is 0 Å². The van der Waals surface area contributed by atoms with E-state index in [0.717, 1.165) is 5.56 Å². The van der Waals surface area contributed by atoms with E-state index in [9.17, 15) is 18.0 Å². The molecule has 0 saturated heterocycles. The van der Waals surface area contributed by atoms with Crippen LogP contribution in [-0.2, 0) is 17.4 Å². The van der Waals surface area contributed by atoms with Crippen molar-refractivity contribution < 1.29 is 22.5 Å². The molecule has 2 rings (SSSR count). The van der Waals surface area contributed by atoms with Crippen LogP contribution in [0.4, 0.5) is 18.3 Å². The number of amides is 1. The summed E-state index contributed by atoms with van der Waals surface area (Å²) in [5, 5.41) is 11.0. The lowest BCUT2D eigenvalue weighted by Gasteiger charge is -2.01. The average molecular weight is 320 g/mol. The molecular weight excluding hydrogens is 309 g/mol. The lowest BCUT2D eigenvalue weighted by molar-refractivity contribution is -0.138. The topological polar surface area (TPSA) is 80.9 Å². The van der Waals surface area contributed by atoms with Crippen LogP contribution in [-0.4, -0.2) is 21.3 Å². The number of rotatable bonds is 4. The first kappa shape index (κ1) is 15.4. The van der Waals surface area contributed by atoms with E-state index >= 15 is 0 Å². The van der Waals surface area contributed by atoms with Crippen molar-refractivity contribution in [1.29, 1.82) is 0 Å². The van der Waals surface area contributed by atoms with Crippen LogP contribution in [0.2, 0.25) is 0 Å². The van der Waals surface area contributed by atoms with Gasteiger partial charge < -0.3 is 9.84 Å². The molecule has 2 aromatic heterocycles. The minimum absolute atomic E-state index is 0.0871. The van der Waals surface area contributed by atoms with E-state index < -0.39 is 17.1 Å². The van der Waals surface area contributed by atoms with Crippen molar-refractivity contribution in [3.05, 3.63) is 22.0 Å². The third kappa shape index (κ3) is 3.78. The molecule has 0 aliphatic carbocycles. The molecule has 0 spiro atoms. The van der Waals surface area contributed by atoms with Gasteiger partial charge >= 0.3 is 6.18 Å². The summed E-state index contributed by atoms with van der Waals surface area (Å²) in [6.45, 7) is 3.48. The first-order chi connectivity index (χ1) is 9.77. The smallest absolute Gasteiger partial charge is 0.361 e. The standard InChI is InChI=1S/C11H11F3N4O2S/c1-5-7(6(2)20-18-5)3-4-8(19)15-10-17-16-9(21-10)11(12,13)14/h3-4H2,1-2H3,(H,15,17,19). The van der Waals surface area contributed by atoms with Crippen LogP contribution in [0.25, 0.3) is 0 Å². The number of aromatic nitrogens is 3. The average Bonchev–Trinajstić information content (AvgIpc) is 2.95. The van der Waals surface area contributed by atoms with Crippen LogP contribution in [0, 0.1) is 13.8 Å². The number of hydrogen-bond donors (Lipinski definition) is 1. The van der Waals surface area contributed by atoms with E-state index in [1.165, 1.54) is 0 Å². The Morgan fingerprint density at radius 2 is 2.05 bits per heavy atom. The molecule has 0 unspecified atom stereocenters. The summed E-state index contributed by atoms with van der Waals surface area (Å²) < 4.78 is 42.0. The highest BCUT2D eigenvalue weighted by Crippen LogP contribution is 2.33. The zero-order chi connectivity index (χ0) is 15.6. The maximum Gasteiger partial charge on any atom is 0.445 e. The number of nitrogens with zero attached hydrogens (tertiary/aromatic N) is 3. The summed E-state index contributed by atoms with van der Waals surface area (Å²) in [7, 11) is 0. The molecule has 2 aromatic rings. The predicted molar refractivity (Wildman–Crippen MR) is 67.8 cm³/mol. The fourth-order valence-corrected chi connectivity index (χ4v) is 2.29. The maximum absolute atomic E-state index is 12.3. The lowest BCUT2D eigenvalue weighted by atomic mass is 10.1. The molecule has 6 nitrogen and oxygen atoms in total. The first-order valence-electron chi connectivity index (χ1n) is 5.89. The van der Waals surface area contributed by atoms with Crippen molar-refractivity contribution in [2.75, 3.05) is 5.32 Å². The Labute approximate surface area is 121 Å². The fraction of sp³-hybridized carbons (Fsp3) is 0.455. The van der Waals surface area contributed by atoms with Crippen LogP contribution in [0.3, 0.4) is 0 Å².